The van der Waals surface area contributed by atoms with Crippen LogP contribution in [0.3, 0.4) is 0 Å². The number of non-ortho nitro benzene ring substituents is 1. The lowest BCUT2D eigenvalue weighted by Crippen LogP contribution is -2.23. The van der Waals surface area contributed by atoms with Crippen molar-refractivity contribution in [2.24, 2.45) is 0 Å². The molecule has 0 aliphatic carbocycles. The normalized spacial score (nSPS) is 12.1. The molecule has 2 rings (SSSR count). The predicted molar refractivity (Wildman–Crippen MR) is 94.0 cm³/mol. The Hall–Kier alpha value is -1.91. The first-order valence-electron chi connectivity index (χ1n) is 7.74. The van der Waals surface area contributed by atoms with Gasteiger partial charge in [0.05, 0.1) is 4.92 Å². The quantitative estimate of drug-likeness (QED) is 0.583. The maximum Gasteiger partial charge on any atom is 0.269 e. The largest absolute Gasteiger partial charge is 0.310 e. The molecule has 1 atom stereocenters. The van der Waals surface area contributed by atoms with Crippen LogP contribution in [0.25, 0.3) is 0 Å². The summed E-state index contributed by atoms with van der Waals surface area (Å²) in [7, 11) is 0. The van der Waals surface area contributed by atoms with Crippen LogP contribution in [0.1, 0.15) is 36.1 Å². The molecule has 0 heterocycles. The first kappa shape index (κ1) is 17.4. The molecule has 23 heavy (non-hydrogen) atoms. The third-order valence-electron chi connectivity index (χ3n) is 3.93. The number of aryl methyl sites for hydroxylation is 1. The molecule has 0 fully saturated rings. The highest BCUT2D eigenvalue weighted by atomic mass is 35.5. The Morgan fingerprint density at radius 2 is 2.04 bits per heavy atom. The molecule has 0 radical (unpaired) electrons. The van der Waals surface area contributed by atoms with Crippen LogP contribution < -0.4 is 5.32 Å². The molecular weight excluding hydrogens is 312 g/mol. The minimum atomic E-state index is -0.357. The predicted octanol–water partition coefficient (Wildman–Crippen LogP) is 4.84. The Morgan fingerprint density at radius 1 is 1.26 bits per heavy atom. The Labute approximate surface area is 141 Å². The van der Waals surface area contributed by atoms with E-state index in [1.54, 1.807) is 12.1 Å². The van der Waals surface area contributed by atoms with Crippen molar-refractivity contribution < 1.29 is 4.92 Å². The summed E-state index contributed by atoms with van der Waals surface area (Å²) in [5.74, 6) is 0. The van der Waals surface area contributed by atoms with Gasteiger partial charge in [-0.25, -0.2) is 0 Å². The van der Waals surface area contributed by atoms with Gasteiger partial charge in [0.25, 0.3) is 5.69 Å². The highest BCUT2D eigenvalue weighted by Crippen LogP contribution is 2.22. The lowest BCUT2D eigenvalue weighted by Gasteiger charge is -2.17. The summed E-state index contributed by atoms with van der Waals surface area (Å²) in [6, 6.07) is 13.0. The highest BCUT2D eigenvalue weighted by Gasteiger charge is 2.12. The molecule has 4 nitrogen and oxygen atoms in total. The zero-order valence-corrected chi connectivity index (χ0v) is 14.1. The second-order valence-electron chi connectivity index (χ2n) is 5.60. The van der Waals surface area contributed by atoms with E-state index in [-0.39, 0.29) is 16.7 Å². The van der Waals surface area contributed by atoms with Gasteiger partial charge in [-0.1, -0.05) is 42.8 Å². The molecule has 2 aromatic carbocycles. The van der Waals surface area contributed by atoms with Crippen molar-refractivity contribution in [2.75, 3.05) is 6.54 Å². The monoisotopic (exact) mass is 332 g/mol. The Balaban J connectivity index is 1.98. The smallest absolute Gasteiger partial charge is 0.269 e. The minimum absolute atomic E-state index is 0.107. The summed E-state index contributed by atoms with van der Waals surface area (Å²) in [6.07, 6.45) is 1.74. The van der Waals surface area contributed by atoms with Gasteiger partial charge in [0, 0.05) is 23.2 Å². The SMILES string of the molecule is CCC(NCCc1ccc(C)c(Cl)c1)c1cccc([N+](=O)[O-])c1. The molecule has 0 saturated heterocycles. The standard InChI is InChI=1S/C18H21ClN2O2/c1-3-18(15-5-4-6-16(12-15)21(22)23)20-10-9-14-8-7-13(2)17(19)11-14/h4-8,11-12,18,20H,3,9-10H2,1-2H3. The first-order chi connectivity index (χ1) is 11.0. The zero-order valence-electron chi connectivity index (χ0n) is 13.4. The number of nitro groups is 1. The van der Waals surface area contributed by atoms with Crippen LogP contribution in [0.5, 0.6) is 0 Å². The van der Waals surface area contributed by atoms with Gasteiger partial charge >= 0.3 is 0 Å². The average molecular weight is 333 g/mol. The van der Waals surface area contributed by atoms with Gasteiger partial charge < -0.3 is 5.32 Å². The zero-order chi connectivity index (χ0) is 16.8. The molecule has 0 saturated carbocycles. The topological polar surface area (TPSA) is 55.2 Å². The van der Waals surface area contributed by atoms with Crippen molar-refractivity contribution in [3.8, 4) is 0 Å². The second-order valence-corrected chi connectivity index (χ2v) is 6.01. The fourth-order valence-corrected chi connectivity index (χ4v) is 2.74. The van der Waals surface area contributed by atoms with Gasteiger partial charge in [0.15, 0.2) is 0 Å². The van der Waals surface area contributed by atoms with Crippen LogP contribution in [0.4, 0.5) is 5.69 Å². The van der Waals surface area contributed by atoms with E-state index in [1.165, 1.54) is 11.6 Å². The number of nitro benzene ring substituents is 1. The molecule has 2 aromatic rings. The summed E-state index contributed by atoms with van der Waals surface area (Å²) < 4.78 is 0. The summed E-state index contributed by atoms with van der Waals surface area (Å²) in [5, 5.41) is 15.1. The van der Waals surface area contributed by atoms with Crippen molar-refractivity contribution in [3.63, 3.8) is 0 Å². The highest BCUT2D eigenvalue weighted by molar-refractivity contribution is 6.31. The third-order valence-corrected chi connectivity index (χ3v) is 4.34. The molecule has 5 heteroatoms. The molecule has 0 bridgehead atoms. The van der Waals surface area contributed by atoms with E-state index in [9.17, 15) is 10.1 Å². The summed E-state index contributed by atoms with van der Waals surface area (Å²) in [5.41, 5.74) is 3.34. The van der Waals surface area contributed by atoms with Gasteiger partial charge in [-0.2, -0.15) is 0 Å². The van der Waals surface area contributed by atoms with Crippen molar-refractivity contribution in [1.82, 2.24) is 5.32 Å². The molecular formula is C18H21ClN2O2. The number of nitrogens with one attached hydrogen (secondary N) is 1. The summed E-state index contributed by atoms with van der Waals surface area (Å²) in [4.78, 5) is 10.5. The van der Waals surface area contributed by atoms with Crippen LogP contribution in [0.2, 0.25) is 5.02 Å². The van der Waals surface area contributed by atoms with Crippen molar-refractivity contribution >= 4 is 17.3 Å². The molecule has 122 valence electrons. The first-order valence-corrected chi connectivity index (χ1v) is 8.11. The maximum atomic E-state index is 10.9. The van der Waals surface area contributed by atoms with Crippen molar-refractivity contribution in [1.29, 1.82) is 0 Å². The van der Waals surface area contributed by atoms with Gasteiger partial charge in [0.1, 0.15) is 0 Å². The lowest BCUT2D eigenvalue weighted by atomic mass is 10.0. The number of hydrogen-bond acceptors (Lipinski definition) is 3. The maximum absolute atomic E-state index is 10.9. The molecule has 0 amide bonds. The molecule has 0 aliphatic heterocycles. The number of hydrogen-bond donors (Lipinski definition) is 1. The Kier molecular flexibility index (Phi) is 6.13. The number of nitrogens with zero attached hydrogens (tertiary/aromatic N) is 1. The Bertz CT molecular complexity index is 688. The molecule has 0 aromatic heterocycles. The third kappa shape index (κ3) is 4.78. The van der Waals surface area contributed by atoms with Gasteiger partial charge in [-0.05, 0) is 49.1 Å². The average Bonchev–Trinajstić information content (AvgIpc) is 2.55. The van der Waals surface area contributed by atoms with Crippen molar-refractivity contribution in [3.05, 3.63) is 74.3 Å². The van der Waals surface area contributed by atoms with E-state index in [2.05, 4.69) is 18.3 Å². The van der Waals surface area contributed by atoms with Crippen LogP contribution in [0.15, 0.2) is 42.5 Å². The van der Waals surface area contributed by atoms with E-state index < -0.39 is 0 Å². The molecule has 1 unspecified atom stereocenters. The second kappa shape index (κ2) is 8.09. The minimum Gasteiger partial charge on any atom is -0.310 e. The molecule has 0 spiro atoms. The van der Waals surface area contributed by atoms with Crippen LogP contribution >= 0.6 is 11.6 Å². The van der Waals surface area contributed by atoms with E-state index >= 15 is 0 Å². The van der Waals surface area contributed by atoms with Crippen LogP contribution in [0, 0.1) is 17.0 Å². The van der Waals surface area contributed by atoms with E-state index in [0.29, 0.717) is 0 Å². The summed E-state index contributed by atoms with van der Waals surface area (Å²) >= 11 is 6.14. The van der Waals surface area contributed by atoms with E-state index in [0.717, 1.165) is 35.5 Å². The molecule has 1 N–H and O–H groups in total. The van der Waals surface area contributed by atoms with Gasteiger partial charge in [-0.3, -0.25) is 10.1 Å². The van der Waals surface area contributed by atoms with E-state index in [4.69, 9.17) is 11.6 Å². The number of halogens is 1. The lowest BCUT2D eigenvalue weighted by molar-refractivity contribution is -0.384. The number of rotatable bonds is 7. The van der Waals surface area contributed by atoms with Gasteiger partial charge in [-0.15, -0.1) is 0 Å². The summed E-state index contributed by atoms with van der Waals surface area (Å²) in [6.45, 7) is 4.85. The number of benzene rings is 2. The van der Waals surface area contributed by atoms with Crippen molar-refractivity contribution in [2.45, 2.75) is 32.7 Å². The van der Waals surface area contributed by atoms with Crippen LogP contribution in [-0.2, 0) is 6.42 Å². The van der Waals surface area contributed by atoms with E-state index in [1.807, 2.05) is 25.1 Å². The molecule has 0 aliphatic rings. The van der Waals surface area contributed by atoms with Gasteiger partial charge in [0.2, 0.25) is 0 Å². The fourth-order valence-electron chi connectivity index (χ4n) is 2.54. The Morgan fingerprint density at radius 3 is 2.70 bits per heavy atom. The van der Waals surface area contributed by atoms with Crippen LogP contribution in [-0.4, -0.2) is 11.5 Å². The fraction of sp³-hybridized carbons (Fsp3) is 0.333.